The molecule has 0 aliphatic carbocycles. The summed E-state index contributed by atoms with van der Waals surface area (Å²) in [6.45, 7) is 4.88. The minimum Gasteiger partial charge on any atom is -0.308 e. The summed E-state index contributed by atoms with van der Waals surface area (Å²) in [7, 11) is 0. The summed E-state index contributed by atoms with van der Waals surface area (Å²) in [5.74, 6) is 1.72. The van der Waals surface area contributed by atoms with E-state index in [1.165, 1.54) is 0 Å². The highest BCUT2D eigenvalue weighted by atomic mass is 32.1. The standard InChI is InChI=1S/C10H15N5S/c1-7(10-12-5-6-16-10)11-4-3-9-13-8(2)14-15-9/h5-7,11H,3-4H2,1-2H3,(H,13,14,15). The third kappa shape index (κ3) is 2.86. The lowest BCUT2D eigenvalue weighted by atomic mass is 10.3. The van der Waals surface area contributed by atoms with Crippen LogP contribution in [0, 0.1) is 6.92 Å². The summed E-state index contributed by atoms with van der Waals surface area (Å²) in [4.78, 5) is 8.52. The topological polar surface area (TPSA) is 66.5 Å². The van der Waals surface area contributed by atoms with Crippen LogP contribution in [0.15, 0.2) is 11.6 Å². The van der Waals surface area contributed by atoms with Crippen molar-refractivity contribution in [2.45, 2.75) is 26.3 Å². The number of aryl methyl sites for hydroxylation is 1. The molecule has 0 aliphatic heterocycles. The van der Waals surface area contributed by atoms with E-state index in [0.29, 0.717) is 6.04 Å². The lowest BCUT2D eigenvalue weighted by Gasteiger charge is -2.09. The summed E-state index contributed by atoms with van der Waals surface area (Å²) in [5, 5.41) is 13.4. The van der Waals surface area contributed by atoms with Gasteiger partial charge in [-0.3, -0.25) is 5.10 Å². The molecule has 0 amide bonds. The van der Waals surface area contributed by atoms with Gasteiger partial charge in [-0.25, -0.2) is 9.97 Å². The summed E-state index contributed by atoms with van der Waals surface area (Å²) < 4.78 is 0. The monoisotopic (exact) mass is 237 g/mol. The van der Waals surface area contributed by atoms with Gasteiger partial charge in [-0.1, -0.05) is 0 Å². The molecule has 5 nitrogen and oxygen atoms in total. The van der Waals surface area contributed by atoms with Crippen LogP contribution in [0.2, 0.25) is 0 Å². The molecule has 0 saturated heterocycles. The zero-order valence-electron chi connectivity index (χ0n) is 9.40. The van der Waals surface area contributed by atoms with E-state index in [1.54, 1.807) is 11.3 Å². The molecule has 6 heteroatoms. The molecule has 2 aromatic rings. The Morgan fingerprint density at radius 2 is 2.44 bits per heavy atom. The van der Waals surface area contributed by atoms with Gasteiger partial charge in [-0.15, -0.1) is 11.3 Å². The van der Waals surface area contributed by atoms with Crippen molar-refractivity contribution in [3.8, 4) is 0 Å². The van der Waals surface area contributed by atoms with Crippen molar-refractivity contribution >= 4 is 11.3 Å². The van der Waals surface area contributed by atoms with Crippen LogP contribution in [0.25, 0.3) is 0 Å². The van der Waals surface area contributed by atoms with Crippen LogP contribution < -0.4 is 5.32 Å². The molecule has 2 heterocycles. The Kier molecular flexibility index (Phi) is 3.63. The fourth-order valence-corrected chi connectivity index (χ4v) is 2.11. The quantitative estimate of drug-likeness (QED) is 0.826. The van der Waals surface area contributed by atoms with Crippen LogP contribution in [0.1, 0.15) is 29.6 Å². The number of nitrogens with one attached hydrogen (secondary N) is 2. The molecule has 1 atom stereocenters. The summed E-state index contributed by atoms with van der Waals surface area (Å²) >= 11 is 1.67. The average Bonchev–Trinajstić information content (AvgIpc) is 2.89. The highest BCUT2D eigenvalue weighted by Gasteiger charge is 2.07. The SMILES string of the molecule is Cc1nc(CCNC(C)c2nccs2)n[nH]1. The van der Waals surface area contributed by atoms with Gasteiger partial charge in [0.15, 0.2) is 5.82 Å². The van der Waals surface area contributed by atoms with Crippen LogP contribution in [-0.4, -0.2) is 26.7 Å². The predicted octanol–water partition coefficient (Wildman–Crippen LogP) is 1.46. The molecule has 0 aliphatic rings. The van der Waals surface area contributed by atoms with Crippen LogP contribution in [0.5, 0.6) is 0 Å². The molecule has 2 rings (SSSR count). The number of nitrogens with zero attached hydrogens (tertiary/aromatic N) is 3. The predicted molar refractivity (Wildman–Crippen MR) is 63.4 cm³/mol. The zero-order valence-corrected chi connectivity index (χ0v) is 10.2. The Labute approximate surface area is 98.3 Å². The second-order valence-corrected chi connectivity index (χ2v) is 4.56. The maximum absolute atomic E-state index is 4.26. The Morgan fingerprint density at radius 1 is 1.56 bits per heavy atom. The Bertz CT molecular complexity index is 422. The number of aromatic amines is 1. The fourth-order valence-electron chi connectivity index (χ4n) is 1.44. The van der Waals surface area contributed by atoms with Crippen molar-refractivity contribution in [3.05, 3.63) is 28.2 Å². The molecule has 0 radical (unpaired) electrons. The van der Waals surface area contributed by atoms with E-state index in [2.05, 4.69) is 32.4 Å². The number of thiazole rings is 1. The van der Waals surface area contributed by atoms with E-state index >= 15 is 0 Å². The largest absolute Gasteiger partial charge is 0.308 e. The first-order chi connectivity index (χ1) is 7.75. The van der Waals surface area contributed by atoms with Crippen LogP contribution in [0.3, 0.4) is 0 Å². The third-order valence-electron chi connectivity index (χ3n) is 2.26. The first-order valence-corrected chi connectivity index (χ1v) is 6.14. The average molecular weight is 237 g/mol. The number of hydrogen-bond donors (Lipinski definition) is 2. The molecule has 0 aromatic carbocycles. The van der Waals surface area contributed by atoms with Gasteiger partial charge in [0.25, 0.3) is 0 Å². The zero-order chi connectivity index (χ0) is 11.4. The molecule has 0 bridgehead atoms. The number of H-pyrrole nitrogens is 1. The lowest BCUT2D eigenvalue weighted by Crippen LogP contribution is -2.21. The van der Waals surface area contributed by atoms with E-state index < -0.39 is 0 Å². The molecule has 0 spiro atoms. The summed E-state index contributed by atoms with van der Waals surface area (Å²) in [6.07, 6.45) is 2.66. The van der Waals surface area contributed by atoms with Gasteiger partial charge in [-0.05, 0) is 13.8 Å². The van der Waals surface area contributed by atoms with Gasteiger partial charge in [0.1, 0.15) is 10.8 Å². The van der Waals surface area contributed by atoms with E-state index in [1.807, 2.05) is 18.5 Å². The molecule has 1 unspecified atom stereocenters. The second kappa shape index (κ2) is 5.18. The number of aromatic nitrogens is 4. The van der Waals surface area contributed by atoms with Crippen molar-refractivity contribution < 1.29 is 0 Å². The lowest BCUT2D eigenvalue weighted by molar-refractivity contribution is 0.568. The summed E-state index contributed by atoms with van der Waals surface area (Å²) in [6, 6.07) is 0.292. The molecule has 2 aromatic heterocycles. The van der Waals surface area contributed by atoms with Gasteiger partial charge in [-0.2, -0.15) is 5.10 Å². The smallest absolute Gasteiger partial charge is 0.151 e. The van der Waals surface area contributed by atoms with Gasteiger partial charge in [0.05, 0.1) is 6.04 Å². The molecule has 2 N–H and O–H groups in total. The summed E-state index contributed by atoms with van der Waals surface area (Å²) in [5.41, 5.74) is 0. The van der Waals surface area contributed by atoms with Crippen molar-refractivity contribution in [3.63, 3.8) is 0 Å². The number of hydrogen-bond acceptors (Lipinski definition) is 5. The van der Waals surface area contributed by atoms with Crippen LogP contribution in [-0.2, 0) is 6.42 Å². The van der Waals surface area contributed by atoms with E-state index in [9.17, 15) is 0 Å². The molecule has 16 heavy (non-hydrogen) atoms. The van der Waals surface area contributed by atoms with Gasteiger partial charge < -0.3 is 5.32 Å². The number of rotatable bonds is 5. The van der Waals surface area contributed by atoms with Gasteiger partial charge >= 0.3 is 0 Å². The highest BCUT2D eigenvalue weighted by molar-refractivity contribution is 7.09. The second-order valence-electron chi connectivity index (χ2n) is 3.63. The molecular weight excluding hydrogens is 222 g/mol. The molecule has 0 saturated carbocycles. The van der Waals surface area contributed by atoms with Crippen molar-refractivity contribution in [2.75, 3.05) is 6.54 Å². The molecule has 86 valence electrons. The minimum atomic E-state index is 0.292. The highest BCUT2D eigenvalue weighted by Crippen LogP contribution is 2.14. The molecular formula is C10H15N5S. The van der Waals surface area contributed by atoms with Crippen LogP contribution in [0.4, 0.5) is 0 Å². The van der Waals surface area contributed by atoms with Crippen molar-refractivity contribution in [2.24, 2.45) is 0 Å². The van der Waals surface area contributed by atoms with E-state index in [-0.39, 0.29) is 0 Å². The maximum Gasteiger partial charge on any atom is 0.151 e. The first kappa shape index (κ1) is 11.2. The van der Waals surface area contributed by atoms with Crippen molar-refractivity contribution in [1.29, 1.82) is 0 Å². The van der Waals surface area contributed by atoms with Gasteiger partial charge in [0, 0.05) is 24.5 Å². The Balaban J connectivity index is 1.76. The Hall–Kier alpha value is -1.27. The minimum absolute atomic E-state index is 0.292. The van der Waals surface area contributed by atoms with E-state index in [0.717, 1.165) is 29.6 Å². The maximum atomic E-state index is 4.26. The van der Waals surface area contributed by atoms with Crippen molar-refractivity contribution in [1.82, 2.24) is 25.5 Å². The van der Waals surface area contributed by atoms with Gasteiger partial charge in [0.2, 0.25) is 0 Å². The Morgan fingerprint density at radius 3 is 3.06 bits per heavy atom. The fraction of sp³-hybridized carbons (Fsp3) is 0.500. The third-order valence-corrected chi connectivity index (χ3v) is 3.22. The van der Waals surface area contributed by atoms with E-state index in [4.69, 9.17) is 0 Å². The molecule has 0 fully saturated rings. The first-order valence-electron chi connectivity index (χ1n) is 5.26. The normalized spacial score (nSPS) is 12.9. The van der Waals surface area contributed by atoms with Crippen LogP contribution >= 0.6 is 11.3 Å².